The van der Waals surface area contributed by atoms with Gasteiger partial charge in [-0.05, 0) is 24.6 Å². The quantitative estimate of drug-likeness (QED) is 0.911. The van der Waals surface area contributed by atoms with Gasteiger partial charge in [0.15, 0.2) is 5.76 Å². The van der Waals surface area contributed by atoms with E-state index in [2.05, 4.69) is 5.16 Å². The van der Waals surface area contributed by atoms with Gasteiger partial charge >= 0.3 is 0 Å². The topological polar surface area (TPSA) is 52.0 Å². The van der Waals surface area contributed by atoms with Gasteiger partial charge in [0, 0.05) is 11.6 Å². The van der Waals surface area contributed by atoms with Gasteiger partial charge in [-0.25, -0.2) is 4.39 Å². The van der Waals surface area contributed by atoms with Crippen molar-refractivity contribution >= 4 is 11.6 Å². The van der Waals surface area contributed by atoms with Gasteiger partial charge in [-0.15, -0.1) is 0 Å². The molecule has 5 heteroatoms. The van der Waals surface area contributed by atoms with Crippen LogP contribution in [0.4, 0.5) is 4.39 Å². The second-order valence-corrected chi connectivity index (χ2v) is 4.16. The molecular formula is C12H12ClFN2O. The van der Waals surface area contributed by atoms with Crippen molar-refractivity contribution in [3.05, 3.63) is 40.9 Å². The van der Waals surface area contributed by atoms with Gasteiger partial charge in [-0.1, -0.05) is 23.7 Å². The van der Waals surface area contributed by atoms with Crippen LogP contribution < -0.4 is 5.73 Å². The summed E-state index contributed by atoms with van der Waals surface area (Å²) >= 11 is 5.93. The van der Waals surface area contributed by atoms with E-state index in [0.29, 0.717) is 22.0 Å². The standard InChI is InChI=1S/C12H12ClFN2O/c1-2-10(15)12-6-11(16-17-12)8-4-3-7(14)5-9(8)13/h3-6,10H,2,15H2,1H3. The highest BCUT2D eigenvalue weighted by atomic mass is 35.5. The molecule has 90 valence electrons. The van der Waals surface area contributed by atoms with Crippen LogP contribution in [0.15, 0.2) is 28.8 Å². The second-order valence-electron chi connectivity index (χ2n) is 3.75. The highest BCUT2D eigenvalue weighted by Crippen LogP contribution is 2.29. The number of nitrogens with two attached hydrogens (primary N) is 1. The van der Waals surface area contributed by atoms with Gasteiger partial charge in [-0.3, -0.25) is 0 Å². The first-order chi connectivity index (χ1) is 8.11. The van der Waals surface area contributed by atoms with Crippen molar-refractivity contribution in [1.82, 2.24) is 5.16 Å². The van der Waals surface area contributed by atoms with Crippen LogP contribution in [0.2, 0.25) is 5.02 Å². The van der Waals surface area contributed by atoms with E-state index in [1.165, 1.54) is 12.1 Å². The third-order valence-electron chi connectivity index (χ3n) is 2.54. The largest absolute Gasteiger partial charge is 0.359 e. The summed E-state index contributed by atoms with van der Waals surface area (Å²) < 4.78 is 18.0. The third kappa shape index (κ3) is 2.48. The van der Waals surface area contributed by atoms with Crippen molar-refractivity contribution in [1.29, 1.82) is 0 Å². The van der Waals surface area contributed by atoms with Crippen LogP contribution in [0.25, 0.3) is 11.3 Å². The molecule has 1 heterocycles. The molecule has 0 bridgehead atoms. The van der Waals surface area contributed by atoms with E-state index in [4.69, 9.17) is 21.9 Å². The molecule has 3 nitrogen and oxygen atoms in total. The average molecular weight is 255 g/mol. The van der Waals surface area contributed by atoms with Crippen molar-refractivity contribution in [2.75, 3.05) is 0 Å². The zero-order valence-corrected chi connectivity index (χ0v) is 10.0. The summed E-state index contributed by atoms with van der Waals surface area (Å²) in [5, 5.41) is 4.18. The summed E-state index contributed by atoms with van der Waals surface area (Å²) in [6, 6.07) is 5.68. The smallest absolute Gasteiger partial charge is 0.154 e. The van der Waals surface area contributed by atoms with Crippen molar-refractivity contribution < 1.29 is 8.91 Å². The Balaban J connectivity index is 2.37. The molecule has 0 fully saturated rings. The molecule has 0 aliphatic rings. The van der Waals surface area contributed by atoms with Crippen LogP contribution >= 0.6 is 11.6 Å². The fourth-order valence-corrected chi connectivity index (χ4v) is 1.75. The molecule has 0 spiro atoms. The first-order valence-electron chi connectivity index (χ1n) is 5.29. The van der Waals surface area contributed by atoms with Gasteiger partial charge in [-0.2, -0.15) is 0 Å². The van der Waals surface area contributed by atoms with E-state index in [0.717, 1.165) is 6.42 Å². The number of aromatic nitrogens is 1. The summed E-state index contributed by atoms with van der Waals surface area (Å²) in [4.78, 5) is 0. The molecule has 0 aliphatic carbocycles. The Morgan fingerprint density at radius 2 is 2.24 bits per heavy atom. The summed E-state index contributed by atoms with van der Waals surface area (Å²) in [5.41, 5.74) is 7.02. The lowest BCUT2D eigenvalue weighted by atomic mass is 10.1. The third-order valence-corrected chi connectivity index (χ3v) is 2.85. The fraction of sp³-hybridized carbons (Fsp3) is 0.250. The Hall–Kier alpha value is -1.39. The molecule has 0 amide bonds. The highest BCUT2D eigenvalue weighted by molar-refractivity contribution is 6.33. The van der Waals surface area contributed by atoms with Crippen molar-refractivity contribution in [3.8, 4) is 11.3 Å². The van der Waals surface area contributed by atoms with E-state index in [-0.39, 0.29) is 11.9 Å². The van der Waals surface area contributed by atoms with Crippen LogP contribution in [-0.2, 0) is 0 Å². The molecule has 2 N–H and O–H groups in total. The molecule has 0 saturated carbocycles. The van der Waals surface area contributed by atoms with Gasteiger partial charge in [0.1, 0.15) is 11.5 Å². The van der Waals surface area contributed by atoms with Crippen LogP contribution in [-0.4, -0.2) is 5.16 Å². The molecule has 1 atom stereocenters. The minimum absolute atomic E-state index is 0.185. The zero-order valence-electron chi connectivity index (χ0n) is 9.28. The molecule has 2 rings (SSSR count). The molecule has 17 heavy (non-hydrogen) atoms. The monoisotopic (exact) mass is 254 g/mol. The minimum atomic E-state index is -0.382. The predicted octanol–water partition coefficient (Wildman–Crippen LogP) is 3.54. The predicted molar refractivity (Wildman–Crippen MR) is 64.1 cm³/mol. The normalized spacial score (nSPS) is 12.7. The molecule has 2 aromatic rings. The van der Waals surface area contributed by atoms with E-state index in [1.54, 1.807) is 12.1 Å². The molecule has 1 aromatic heterocycles. The summed E-state index contributed by atoms with van der Waals surface area (Å²) in [6.45, 7) is 1.96. The van der Waals surface area contributed by atoms with Crippen LogP contribution in [0.5, 0.6) is 0 Å². The zero-order chi connectivity index (χ0) is 12.4. The van der Waals surface area contributed by atoms with Crippen molar-refractivity contribution in [2.45, 2.75) is 19.4 Å². The van der Waals surface area contributed by atoms with Gasteiger partial charge in [0.05, 0.1) is 11.1 Å². The maximum Gasteiger partial charge on any atom is 0.154 e. The van der Waals surface area contributed by atoms with Gasteiger partial charge < -0.3 is 10.3 Å². The first-order valence-corrected chi connectivity index (χ1v) is 5.67. The van der Waals surface area contributed by atoms with Crippen molar-refractivity contribution in [2.24, 2.45) is 5.73 Å². The SMILES string of the molecule is CCC(N)c1cc(-c2ccc(F)cc2Cl)no1. The van der Waals surface area contributed by atoms with Gasteiger partial charge in [0.2, 0.25) is 0 Å². The van der Waals surface area contributed by atoms with E-state index in [9.17, 15) is 4.39 Å². The maximum atomic E-state index is 12.9. The van der Waals surface area contributed by atoms with Crippen LogP contribution in [0.1, 0.15) is 25.1 Å². The van der Waals surface area contributed by atoms with Crippen LogP contribution in [0, 0.1) is 5.82 Å². The average Bonchev–Trinajstić information content (AvgIpc) is 2.77. The second kappa shape index (κ2) is 4.85. The molecule has 0 aliphatic heterocycles. The first kappa shape index (κ1) is 12.1. The summed E-state index contributed by atoms with van der Waals surface area (Å²) in [6.07, 6.45) is 0.756. The van der Waals surface area contributed by atoms with Gasteiger partial charge in [0.25, 0.3) is 0 Å². The fourth-order valence-electron chi connectivity index (χ4n) is 1.49. The minimum Gasteiger partial charge on any atom is -0.359 e. The molecule has 1 aromatic carbocycles. The Morgan fingerprint density at radius 3 is 2.88 bits per heavy atom. The van der Waals surface area contributed by atoms with Crippen LogP contribution in [0.3, 0.4) is 0 Å². The lowest BCUT2D eigenvalue weighted by Crippen LogP contribution is -2.06. The Bertz CT molecular complexity index is 527. The van der Waals surface area contributed by atoms with Crippen molar-refractivity contribution in [3.63, 3.8) is 0 Å². The summed E-state index contributed by atoms with van der Waals surface area (Å²) in [5.74, 6) is 0.218. The number of halogens is 2. The molecule has 0 radical (unpaired) electrons. The van der Waals surface area contributed by atoms with E-state index < -0.39 is 0 Å². The van der Waals surface area contributed by atoms with E-state index in [1.807, 2.05) is 6.92 Å². The lowest BCUT2D eigenvalue weighted by Gasteiger charge is -2.01. The number of benzene rings is 1. The highest BCUT2D eigenvalue weighted by Gasteiger charge is 2.14. The lowest BCUT2D eigenvalue weighted by molar-refractivity contribution is 0.360. The Morgan fingerprint density at radius 1 is 1.47 bits per heavy atom. The summed E-state index contributed by atoms with van der Waals surface area (Å²) in [7, 11) is 0. The molecule has 1 unspecified atom stereocenters. The van der Waals surface area contributed by atoms with E-state index >= 15 is 0 Å². The number of hydrogen-bond acceptors (Lipinski definition) is 3. The Kier molecular flexibility index (Phi) is 3.45. The number of nitrogens with zero attached hydrogens (tertiary/aromatic N) is 1. The number of rotatable bonds is 3. The number of hydrogen-bond donors (Lipinski definition) is 1. The molecule has 0 saturated heterocycles. The maximum absolute atomic E-state index is 12.9. The molecular weight excluding hydrogens is 243 g/mol. The Labute approximate surface area is 103 Å².